The van der Waals surface area contributed by atoms with Crippen LogP contribution in [0.4, 0.5) is 5.69 Å². The van der Waals surface area contributed by atoms with Gasteiger partial charge >= 0.3 is 0 Å². The predicted octanol–water partition coefficient (Wildman–Crippen LogP) is 5.15. The molecule has 0 N–H and O–H groups in total. The lowest BCUT2D eigenvalue weighted by Crippen LogP contribution is -1.94. The molecule has 0 amide bonds. The molecule has 0 fully saturated rings. The Balaban J connectivity index is 2.20. The van der Waals surface area contributed by atoms with Gasteiger partial charge in [-0.05, 0) is 48.9 Å². The highest BCUT2D eigenvalue weighted by atomic mass is 35.5. The Bertz CT molecular complexity index is 616. The average molecular weight is 324 g/mol. The highest BCUT2D eigenvalue weighted by molar-refractivity contribution is 6.37. The van der Waals surface area contributed by atoms with E-state index in [1.54, 1.807) is 25.5 Å². The Hall–Kier alpha value is -1.71. The number of ether oxygens (including phenoxy) is 2. The van der Waals surface area contributed by atoms with Crippen molar-refractivity contribution in [2.75, 3.05) is 13.7 Å². The summed E-state index contributed by atoms with van der Waals surface area (Å²) in [4.78, 5) is 4.37. The SMILES string of the molecule is CCOc1c(Cl)cc(C=Nc2ccc(OC)cc2)cc1Cl. The molecule has 0 spiro atoms. The normalized spacial score (nSPS) is 10.9. The highest BCUT2D eigenvalue weighted by Gasteiger charge is 2.08. The minimum atomic E-state index is 0.473. The predicted molar refractivity (Wildman–Crippen MR) is 87.9 cm³/mol. The summed E-state index contributed by atoms with van der Waals surface area (Å²) in [5.41, 5.74) is 1.63. The van der Waals surface area contributed by atoms with E-state index in [1.165, 1.54) is 0 Å². The molecule has 110 valence electrons. The van der Waals surface area contributed by atoms with Gasteiger partial charge in [0, 0.05) is 6.21 Å². The zero-order valence-corrected chi connectivity index (χ0v) is 13.3. The number of nitrogens with zero attached hydrogens (tertiary/aromatic N) is 1. The Kier molecular flexibility index (Phi) is 5.48. The molecular formula is C16H15Cl2NO2. The van der Waals surface area contributed by atoms with Gasteiger partial charge in [-0.1, -0.05) is 23.2 Å². The highest BCUT2D eigenvalue weighted by Crippen LogP contribution is 2.33. The van der Waals surface area contributed by atoms with Gasteiger partial charge in [-0.2, -0.15) is 0 Å². The fourth-order valence-electron chi connectivity index (χ4n) is 1.75. The monoisotopic (exact) mass is 323 g/mol. The molecule has 0 unspecified atom stereocenters. The van der Waals surface area contributed by atoms with Crippen LogP contribution < -0.4 is 9.47 Å². The van der Waals surface area contributed by atoms with E-state index < -0.39 is 0 Å². The molecule has 0 saturated heterocycles. The van der Waals surface area contributed by atoms with E-state index in [1.807, 2.05) is 31.2 Å². The van der Waals surface area contributed by atoms with Gasteiger partial charge in [-0.15, -0.1) is 0 Å². The molecule has 5 heteroatoms. The molecule has 0 aliphatic carbocycles. The molecule has 0 atom stereocenters. The topological polar surface area (TPSA) is 30.8 Å². The van der Waals surface area contributed by atoms with Crippen LogP contribution in [0, 0.1) is 0 Å². The molecule has 0 aromatic heterocycles. The van der Waals surface area contributed by atoms with E-state index in [-0.39, 0.29) is 0 Å². The Morgan fingerprint density at radius 2 is 1.71 bits per heavy atom. The molecule has 0 saturated carbocycles. The van der Waals surface area contributed by atoms with Crippen LogP contribution in [-0.2, 0) is 0 Å². The van der Waals surface area contributed by atoms with E-state index in [9.17, 15) is 0 Å². The van der Waals surface area contributed by atoms with E-state index in [0.29, 0.717) is 22.4 Å². The molecule has 0 aliphatic heterocycles. The number of methoxy groups -OCH3 is 1. The molecule has 2 aromatic carbocycles. The summed E-state index contributed by atoms with van der Waals surface area (Å²) in [5.74, 6) is 1.29. The number of hydrogen-bond donors (Lipinski definition) is 0. The van der Waals surface area contributed by atoms with Gasteiger partial charge in [0.15, 0.2) is 5.75 Å². The number of halogens is 2. The first kappa shape index (κ1) is 15.7. The summed E-state index contributed by atoms with van der Waals surface area (Å²) in [5, 5.41) is 0.945. The van der Waals surface area contributed by atoms with Crippen LogP contribution >= 0.6 is 23.2 Å². The second-order valence-corrected chi connectivity index (χ2v) is 5.02. The zero-order valence-electron chi connectivity index (χ0n) is 11.8. The molecule has 21 heavy (non-hydrogen) atoms. The molecule has 0 aliphatic rings. The number of rotatable bonds is 5. The number of benzene rings is 2. The molecule has 0 bridgehead atoms. The Morgan fingerprint density at radius 3 is 2.24 bits per heavy atom. The van der Waals surface area contributed by atoms with Gasteiger partial charge in [0.2, 0.25) is 0 Å². The molecule has 3 nitrogen and oxygen atoms in total. The molecular weight excluding hydrogens is 309 g/mol. The Labute approximate surface area is 134 Å². The van der Waals surface area contributed by atoms with Crippen LogP contribution in [0.5, 0.6) is 11.5 Å². The van der Waals surface area contributed by atoms with Crippen molar-refractivity contribution in [2.24, 2.45) is 4.99 Å². The average Bonchev–Trinajstić information content (AvgIpc) is 2.49. The summed E-state index contributed by atoms with van der Waals surface area (Å²) in [6.07, 6.45) is 1.70. The summed E-state index contributed by atoms with van der Waals surface area (Å²) in [6.45, 7) is 2.39. The van der Waals surface area contributed by atoms with Crippen molar-refractivity contribution in [3.05, 3.63) is 52.0 Å². The van der Waals surface area contributed by atoms with Crippen molar-refractivity contribution in [1.29, 1.82) is 0 Å². The number of aliphatic imine (C=N–C) groups is 1. The summed E-state index contributed by atoms with van der Waals surface area (Å²) >= 11 is 12.3. The van der Waals surface area contributed by atoms with Gasteiger partial charge in [-0.25, -0.2) is 0 Å². The van der Waals surface area contributed by atoms with Crippen LogP contribution in [0.25, 0.3) is 0 Å². The van der Waals surface area contributed by atoms with Crippen molar-refractivity contribution in [2.45, 2.75) is 6.92 Å². The largest absolute Gasteiger partial charge is 0.497 e. The van der Waals surface area contributed by atoms with Crippen LogP contribution in [0.15, 0.2) is 41.4 Å². The van der Waals surface area contributed by atoms with Crippen molar-refractivity contribution >= 4 is 35.1 Å². The van der Waals surface area contributed by atoms with E-state index in [4.69, 9.17) is 32.7 Å². The van der Waals surface area contributed by atoms with Crippen molar-refractivity contribution < 1.29 is 9.47 Å². The van der Waals surface area contributed by atoms with Crippen molar-refractivity contribution in [3.63, 3.8) is 0 Å². The lowest BCUT2D eigenvalue weighted by atomic mass is 10.2. The molecule has 0 heterocycles. The maximum Gasteiger partial charge on any atom is 0.156 e. The third-order valence-electron chi connectivity index (χ3n) is 2.74. The second kappa shape index (κ2) is 7.34. The lowest BCUT2D eigenvalue weighted by Gasteiger charge is -2.08. The van der Waals surface area contributed by atoms with Crippen LogP contribution in [0.2, 0.25) is 10.0 Å². The molecule has 2 aromatic rings. The van der Waals surface area contributed by atoms with Gasteiger partial charge in [0.25, 0.3) is 0 Å². The quantitative estimate of drug-likeness (QED) is 0.712. The van der Waals surface area contributed by atoms with Gasteiger partial charge in [0.05, 0.1) is 29.4 Å². The minimum Gasteiger partial charge on any atom is -0.497 e. The fourth-order valence-corrected chi connectivity index (χ4v) is 2.37. The van der Waals surface area contributed by atoms with E-state index in [2.05, 4.69) is 4.99 Å². The van der Waals surface area contributed by atoms with Crippen LogP contribution in [0.1, 0.15) is 12.5 Å². The molecule has 0 radical (unpaired) electrons. The smallest absolute Gasteiger partial charge is 0.156 e. The summed E-state index contributed by atoms with van der Waals surface area (Å²) in [7, 11) is 1.63. The third-order valence-corrected chi connectivity index (χ3v) is 3.31. The summed E-state index contributed by atoms with van der Waals surface area (Å²) in [6, 6.07) is 11.0. The molecule has 2 rings (SSSR count). The maximum absolute atomic E-state index is 6.15. The fraction of sp³-hybridized carbons (Fsp3) is 0.188. The van der Waals surface area contributed by atoms with E-state index in [0.717, 1.165) is 17.0 Å². The lowest BCUT2D eigenvalue weighted by molar-refractivity contribution is 0.340. The zero-order chi connectivity index (χ0) is 15.2. The van der Waals surface area contributed by atoms with Crippen LogP contribution in [0.3, 0.4) is 0 Å². The van der Waals surface area contributed by atoms with E-state index >= 15 is 0 Å². The third kappa shape index (κ3) is 4.13. The first-order valence-corrected chi connectivity index (χ1v) is 7.19. The van der Waals surface area contributed by atoms with Gasteiger partial charge in [0.1, 0.15) is 5.75 Å². The first-order valence-electron chi connectivity index (χ1n) is 6.44. The van der Waals surface area contributed by atoms with Crippen molar-refractivity contribution in [1.82, 2.24) is 0 Å². The maximum atomic E-state index is 6.15. The standard InChI is InChI=1S/C16H15Cl2NO2/c1-3-21-16-14(17)8-11(9-15(16)18)10-19-12-4-6-13(20-2)7-5-12/h4-10H,3H2,1-2H3. The Morgan fingerprint density at radius 1 is 1.10 bits per heavy atom. The van der Waals surface area contributed by atoms with Gasteiger partial charge < -0.3 is 9.47 Å². The summed E-state index contributed by atoms with van der Waals surface area (Å²) < 4.78 is 10.5. The van der Waals surface area contributed by atoms with Crippen molar-refractivity contribution in [3.8, 4) is 11.5 Å². The second-order valence-electron chi connectivity index (χ2n) is 4.20. The number of hydrogen-bond acceptors (Lipinski definition) is 3. The van der Waals surface area contributed by atoms with Crippen LogP contribution in [-0.4, -0.2) is 19.9 Å². The first-order chi connectivity index (χ1) is 10.1. The minimum absolute atomic E-state index is 0.473. The van der Waals surface area contributed by atoms with Gasteiger partial charge in [-0.3, -0.25) is 4.99 Å².